The van der Waals surface area contributed by atoms with Gasteiger partial charge in [-0.2, -0.15) is 5.26 Å². The number of carboxylic acid groups (broad SMARTS) is 1. The largest absolute Gasteiger partial charge is 0.477 e. The first-order valence-corrected chi connectivity index (χ1v) is 4.90. The van der Waals surface area contributed by atoms with Crippen molar-refractivity contribution in [3.05, 3.63) is 47.7 Å². The molecule has 0 aliphatic heterocycles. The van der Waals surface area contributed by atoms with Crippen LogP contribution in [0.5, 0.6) is 0 Å². The topological polar surface area (TPSA) is 74.0 Å². The van der Waals surface area contributed by atoms with Gasteiger partial charge in [-0.25, -0.2) is 4.79 Å². The summed E-state index contributed by atoms with van der Waals surface area (Å²) in [6, 6.07) is 10.9. The Morgan fingerprint density at radius 2 is 2.18 bits per heavy atom. The van der Waals surface area contributed by atoms with Crippen molar-refractivity contribution in [1.29, 1.82) is 5.26 Å². The zero-order chi connectivity index (χ0) is 12.3. The number of carboxylic acids is 1. The molecule has 1 aromatic heterocycles. The predicted molar refractivity (Wildman–Crippen MR) is 63.0 cm³/mol. The fourth-order valence-corrected chi connectivity index (χ4v) is 1.48. The van der Waals surface area contributed by atoms with E-state index >= 15 is 0 Å². The molecule has 0 radical (unpaired) electrons. The number of hydrogen-bond donors (Lipinski definition) is 1. The fraction of sp³-hybridized carbons (Fsp3) is 0. The van der Waals surface area contributed by atoms with E-state index in [0.29, 0.717) is 5.56 Å². The van der Waals surface area contributed by atoms with Gasteiger partial charge in [-0.1, -0.05) is 18.2 Å². The molecular weight excluding hydrogens is 216 g/mol. The molecule has 0 aliphatic carbocycles. The Kier molecular flexibility index (Phi) is 2.84. The van der Waals surface area contributed by atoms with Crippen LogP contribution in [0.2, 0.25) is 0 Å². The number of aliphatic carboxylic acids is 1. The number of rotatable bonds is 2. The first-order valence-electron chi connectivity index (χ1n) is 4.90. The van der Waals surface area contributed by atoms with Crippen molar-refractivity contribution in [3.63, 3.8) is 0 Å². The minimum atomic E-state index is -1.24. The highest BCUT2D eigenvalue weighted by atomic mass is 16.4. The van der Waals surface area contributed by atoms with Crippen LogP contribution in [-0.4, -0.2) is 16.1 Å². The van der Waals surface area contributed by atoms with E-state index < -0.39 is 5.97 Å². The average molecular weight is 224 g/mol. The Morgan fingerprint density at radius 1 is 1.41 bits per heavy atom. The summed E-state index contributed by atoms with van der Waals surface area (Å²) in [5.74, 6) is -1.24. The summed E-state index contributed by atoms with van der Waals surface area (Å²) in [6.45, 7) is 0. The molecule has 0 aliphatic rings. The number of carbonyl (C=O) groups is 1. The van der Waals surface area contributed by atoms with E-state index in [1.54, 1.807) is 18.3 Å². The Bertz CT molecular complexity index is 654. The Morgan fingerprint density at radius 3 is 2.88 bits per heavy atom. The van der Waals surface area contributed by atoms with Crippen LogP contribution in [0, 0.1) is 11.3 Å². The normalized spacial score (nSPS) is 11.1. The highest BCUT2D eigenvalue weighted by Crippen LogP contribution is 2.14. The predicted octanol–water partition coefficient (Wildman–Crippen LogP) is 2.23. The molecule has 0 atom stereocenters. The average Bonchev–Trinajstić information content (AvgIpc) is 2.35. The molecule has 0 saturated heterocycles. The second kappa shape index (κ2) is 4.45. The number of nitrogens with zero attached hydrogens (tertiary/aromatic N) is 2. The third-order valence-electron chi connectivity index (χ3n) is 2.27. The van der Waals surface area contributed by atoms with Crippen molar-refractivity contribution in [2.75, 3.05) is 0 Å². The van der Waals surface area contributed by atoms with E-state index in [0.717, 1.165) is 10.9 Å². The van der Waals surface area contributed by atoms with Crippen LogP contribution in [0.3, 0.4) is 0 Å². The zero-order valence-electron chi connectivity index (χ0n) is 8.79. The van der Waals surface area contributed by atoms with Crippen LogP contribution in [0.25, 0.3) is 17.0 Å². The van der Waals surface area contributed by atoms with Gasteiger partial charge >= 0.3 is 5.97 Å². The Hall–Kier alpha value is -2.67. The quantitative estimate of drug-likeness (QED) is 0.627. The number of para-hydroxylation sites is 1. The van der Waals surface area contributed by atoms with Gasteiger partial charge in [0.15, 0.2) is 0 Å². The Balaban J connectivity index is 2.51. The standard InChI is InChI=1S/C13H8N2O2/c14-7-11(13(16)17)6-9-5-10-3-1-2-4-12(10)15-8-9/h1-6,8H,(H,16,17). The van der Waals surface area contributed by atoms with Crippen LogP contribution in [0.1, 0.15) is 5.56 Å². The van der Waals surface area contributed by atoms with Gasteiger partial charge in [-0.3, -0.25) is 4.98 Å². The number of aromatic nitrogens is 1. The van der Waals surface area contributed by atoms with Crippen LogP contribution in [-0.2, 0) is 4.79 Å². The molecule has 1 aromatic carbocycles. The SMILES string of the molecule is N#CC(=Cc1cnc2ccccc2c1)C(=O)O. The summed E-state index contributed by atoms with van der Waals surface area (Å²) in [4.78, 5) is 14.9. The van der Waals surface area contributed by atoms with Gasteiger partial charge < -0.3 is 5.11 Å². The minimum Gasteiger partial charge on any atom is -0.477 e. The molecular formula is C13H8N2O2. The smallest absolute Gasteiger partial charge is 0.346 e. The van der Waals surface area contributed by atoms with E-state index in [1.807, 2.05) is 24.3 Å². The van der Waals surface area contributed by atoms with Crippen LogP contribution in [0.15, 0.2) is 42.1 Å². The van der Waals surface area contributed by atoms with Gasteiger partial charge in [-0.05, 0) is 23.8 Å². The molecule has 2 aromatic rings. The maximum Gasteiger partial charge on any atom is 0.346 e. The molecule has 4 nitrogen and oxygen atoms in total. The van der Waals surface area contributed by atoms with Crippen LogP contribution < -0.4 is 0 Å². The van der Waals surface area contributed by atoms with Gasteiger partial charge in [0.1, 0.15) is 11.6 Å². The van der Waals surface area contributed by atoms with Crippen LogP contribution >= 0.6 is 0 Å². The molecule has 4 heteroatoms. The lowest BCUT2D eigenvalue weighted by Gasteiger charge is -1.98. The van der Waals surface area contributed by atoms with E-state index in [2.05, 4.69) is 4.98 Å². The van der Waals surface area contributed by atoms with Gasteiger partial charge in [0.25, 0.3) is 0 Å². The summed E-state index contributed by atoms with van der Waals surface area (Å²) in [7, 11) is 0. The van der Waals surface area contributed by atoms with Crippen molar-refractivity contribution in [3.8, 4) is 6.07 Å². The van der Waals surface area contributed by atoms with Crippen LogP contribution in [0.4, 0.5) is 0 Å². The second-order valence-corrected chi connectivity index (χ2v) is 3.44. The summed E-state index contributed by atoms with van der Waals surface area (Å²) >= 11 is 0. The molecule has 17 heavy (non-hydrogen) atoms. The molecule has 0 unspecified atom stereocenters. The van der Waals surface area contributed by atoms with Gasteiger partial charge in [0.2, 0.25) is 0 Å². The molecule has 1 heterocycles. The summed E-state index contributed by atoms with van der Waals surface area (Å²) in [6.07, 6.45) is 2.85. The van der Waals surface area contributed by atoms with E-state index in [1.165, 1.54) is 6.08 Å². The third kappa shape index (κ3) is 2.29. The lowest BCUT2D eigenvalue weighted by atomic mass is 10.1. The Labute approximate surface area is 97.5 Å². The number of pyridine rings is 1. The number of nitriles is 1. The number of hydrogen-bond acceptors (Lipinski definition) is 3. The lowest BCUT2D eigenvalue weighted by molar-refractivity contribution is -0.132. The monoisotopic (exact) mass is 224 g/mol. The molecule has 0 fully saturated rings. The molecule has 2 rings (SSSR count). The number of benzene rings is 1. The molecule has 0 amide bonds. The van der Waals surface area contributed by atoms with Crippen molar-refractivity contribution < 1.29 is 9.90 Å². The van der Waals surface area contributed by atoms with Gasteiger partial charge in [0, 0.05) is 11.6 Å². The summed E-state index contributed by atoms with van der Waals surface area (Å²) in [5.41, 5.74) is 1.13. The van der Waals surface area contributed by atoms with Crippen molar-refractivity contribution >= 4 is 22.9 Å². The zero-order valence-corrected chi connectivity index (χ0v) is 8.79. The van der Waals surface area contributed by atoms with Crippen molar-refractivity contribution in [2.45, 2.75) is 0 Å². The van der Waals surface area contributed by atoms with Crippen molar-refractivity contribution in [1.82, 2.24) is 4.98 Å². The highest BCUT2D eigenvalue weighted by molar-refractivity contribution is 5.97. The van der Waals surface area contributed by atoms with E-state index in [4.69, 9.17) is 10.4 Å². The highest BCUT2D eigenvalue weighted by Gasteiger charge is 2.05. The van der Waals surface area contributed by atoms with Crippen molar-refractivity contribution in [2.24, 2.45) is 0 Å². The summed E-state index contributed by atoms with van der Waals surface area (Å²) < 4.78 is 0. The van der Waals surface area contributed by atoms with E-state index in [-0.39, 0.29) is 5.57 Å². The molecule has 0 spiro atoms. The molecule has 0 saturated carbocycles. The van der Waals surface area contributed by atoms with Gasteiger partial charge in [-0.15, -0.1) is 0 Å². The maximum atomic E-state index is 10.7. The first-order chi connectivity index (χ1) is 8.20. The fourth-order valence-electron chi connectivity index (χ4n) is 1.48. The second-order valence-electron chi connectivity index (χ2n) is 3.44. The molecule has 0 bridgehead atoms. The summed E-state index contributed by atoms with van der Waals surface area (Å²) in [5, 5.41) is 18.3. The molecule has 82 valence electrons. The molecule has 1 N–H and O–H groups in total. The number of fused-ring (bicyclic) bond motifs is 1. The van der Waals surface area contributed by atoms with E-state index in [9.17, 15) is 4.79 Å². The van der Waals surface area contributed by atoms with Gasteiger partial charge in [0.05, 0.1) is 5.52 Å². The minimum absolute atomic E-state index is 0.304. The maximum absolute atomic E-state index is 10.7. The first kappa shape index (κ1) is 10.8. The lowest BCUT2D eigenvalue weighted by Crippen LogP contribution is -1.97. The third-order valence-corrected chi connectivity index (χ3v) is 2.27.